The van der Waals surface area contributed by atoms with Gasteiger partial charge in [-0.3, -0.25) is 9.59 Å². The zero-order valence-corrected chi connectivity index (χ0v) is 12.2. The van der Waals surface area contributed by atoms with Gasteiger partial charge in [0.05, 0.1) is 5.75 Å². The van der Waals surface area contributed by atoms with Gasteiger partial charge in [0, 0.05) is 6.54 Å². The molecule has 19 heavy (non-hydrogen) atoms. The summed E-state index contributed by atoms with van der Waals surface area (Å²) in [5.74, 6) is 0.273. The molecule has 0 aliphatic heterocycles. The zero-order chi connectivity index (χ0) is 14.7. The van der Waals surface area contributed by atoms with Crippen molar-refractivity contribution in [3.8, 4) is 0 Å². The molecule has 0 aromatic rings. The van der Waals surface area contributed by atoms with Crippen LogP contribution in [0.2, 0.25) is 0 Å². The quantitative estimate of drug-likeness (QED) is 0.380. The molecule has 3 N–H and O–H groups in total. The number of carbonyl (C=O) groups is 3. The Balaban J connectivity index is 3.64. The van der Waals surface area contributed by atoms with Crippen molar-refractivity contribution >= 4 is 30.0 Å². The molecule has 110 valence electrons. The number of carboxylic acids is 1. The summed E-state index contributed by atoms with van der Waals surface area (Å²) < 4.78 is 0. The third-order valence-electron chi connectivity index (χ3n) is 2.40. The highest BCUT2D eigenvalue weighted by Gasteiger charge is 2.15. The normalized spacial score (nSPS) is 11.9. The number of thioether (sulfide) groups is 1. The molecule has 0 spiro atoms. The minimum atomic E-state index is -1.06. The maximum Gasteiger partial charge on any atom is 0.326 e. The molecule has 0 aliphatic rings. The second kappa shape index (κ2) is 10.7. The van der Waals surface area contributed by atoms with Crippen molar-refractivity contribution in [2.75, 3.05) is 18.1 Å². The summed E-state index contributed by atoms with van der Waals surface area (Å²) >= 11 is 1.36. The number of carbonyl (C=O) groups excluding carboxylic acids is 2. The Hall–Kier alpha value is -1.24. The fourth-order valence-corrected chi connectivity index (χ4v) is 2.11. The molecule has 0 radical (unpaired) electrons. The molecule has 0 aromatic heterocycles. The third-order valence-corrected chi connectivity index (χ3v) is 3.39. The first-order valence-corrected chi connectivity index (χ1v) is 7.39. The largest absolute Gasteiger partial charge is 0.480 e. The molecule has 0 heterocycles. The molecule has 0 saturated carbocycles. The maximum absolute atomic E-state index is 11.4. The smallest absolute Gasteiger partial charge is 0.326 e. The first-order chi connectivity index (χ1) is 8.97. The molecule has 0 fully saturated rings. The number of hydrogen-bond donors (Lipinski definition) is 3. The van der Waals surface area contributed by atoms with E-state index in [9.17, 15) is 14.4 Å². The summed E-state index contributed by atoms with van der Waals surface area (Å²) in [5, 5.41) is 13.8. The van der Waals surface area contributed by atoms with Gasteiger partial charge >= 0.3 is 5.97 Å². The van der Waals surface area contributed by atoms with E-state index in [0.29, 0.717) is 36.8 Å². The van der Waals surface area contributed by atoms with E-state index < -0.39 is 12.0 Å². The number of aliphatic carboxylic acids is 1. The van der Waals surface area contributed by atoms with Gasteiger partial charge in [0.15, 0.2) is 0 Å². The third kappa shape index (κ3) is 10.4. The van der Waals surface area contributed by atoms with Gasteiger partial charge in [0.2, 0.25) is 12.3 Å². The zero-order valence-electron chi connectivity index (χ0n) is 11.3. The van der Waals surface area contributed by atoms with Crippen molar-refractivity contribution < 1.29 is 19.5 Å². The van der Waals surface area contributed by atoms with Crippen LogP contribution in [-0.4, -0.2) is 47.5 Å². The van der Waals surface area contributed by atoms with Gasteiger partial charge in [0.25, 0.3) is 0 Å². The number of rotatable bonds is 11. The molecular formula is C12H22N2O4S. The second-order valence-electron chi connectivity index (χ2n) is 4.55. The Kier molecular flexibility index (Phi) is 9.97. The van der Waals surface area contributed by atoms with Crippen molar-refractivity contribution in [3.63, 3.8) is 0 Å². The molecule has 0 aromatic carbocycles. The van der Waals surface area contributed by atoms with Gasteiger partial charge in [-0.05, 0) is 24.5 Å². The highest BCUT2D eigenvalue weighted by atomic mass is 32.2. The lowest BCUT2D eigenvalue weighted by atomic mass is 10.1. The molecule has 0 aliphatic carbocycles. The Morgan fingerprint density at radius 1 is 1.32 bits per heavy atom. The minimum Gasteiger partial charge on any atom is -0.480 e. The topological polar surface area (TPSA) is 95.5 Å². The van der Waals surface area contributed by atoms with Crippen molar-refractivity contribution in [2.24, 2.45) is 5.92 Å². The number of carboxylic acid groups (broad SMARTS) is 1. The van der Waals surface area contributed by atoms with Gasteiger partial charge in [-0.15, -0.1) is 0 Å². The van der Waals surface area contributed by atoms with Gasteiger partial charge < -0.3 is 15.7 Å². The van der Waals surface area contributed by atoms with Crippen molar-refractivity contribution in [1.29, 1.82) is 0 Å². The minimum absolute atomic E-state index is 0.0409. The average Bonchev–Trinajstić information content (AvgIpc) is 2.32. The fraction of sp³-hybridized carbons (Fsp3) is 0.750. The molecule has 2 amide bonds. The molecule has 0 saturated heterocycles. The summed E-state index contributed by atoms with van der Waals surface area (Å²) in [6.07, 6.45) is 1.63. The van der Waals surface area contributed by atoms with Crippen LogP contribution < -0.4 is 10.6 Å². The van der Waals surface area contributed by atoms with Gasteiger partial charge in [-0.2, -0.15) is 11.8 Å². The molecule has 1 atom stereocenters. The molecule has 1 unspecified atom stereocenters. The SMILES string of the molecule is CC(C)CCNC(=O)CSCCC(NC=O)C(=O)O. The summed E-state index contributed by atoms with van der Waals surface area (Å²) in [5.41, 5.74) is 0. The Bertz CT molecular complexity index is 297. The summed E-state index contributed by atoms with van der Waals surface area (Å²) in [6, 6.07) is -0.881. The van der Waals surface area contributed by atoms with E-state index >= 15 is 0 Å². The number of nitrogens with one attached hydrogen (secondary N) is 2. The van der Waals surface area contributed by atoms with E-state index in [0.717, 1.165) is 6.42 Å². The second-order valence-corrected chi connectivity index (χ2v) is 5.65. The molecule has 0 bridgehead atoms. The summed E-state index contributed by atoms with van der Waals surface area (Å²) in [6.45, 7) is 4.85. The standard InChI is InChI=1S/C12H22N2O4S/c1-9(2)3-5-13-11(16)7-19-6-4-10(12(17)18)14-8-15/h8-10H,3-7H2,1-2H3,(H,13,16)(H,14,15)(H,17,18). The first kappa shape index (κ1) is 17.8. The Morgan fingerprint density at radius 2 is 2.00 bits per heavy atom. The monoisotopic (exact) mass is 290 g/mol. The first-order valence-electron chi connectivity index (χ1n) is 6.24. The van der Waals surface area contributed by atoms with Gasteiger partial charge in [-0.1, -0.05) is 13.8 Å². The molecule has 6 nitrogen and oxygen atoms in total. The summed E-state index contributed by atoms with van der Waals surface area (Å²) in [7, 11) is 0. The Morgan fingerprint density at radius 3 is 2.53 bits per heavy atom. The molecule has 0 rings (SSSR count). The van der Waals surface area contributed by atoms with Crippen LogP contribution in [0, 0.1) is 5.92 Å². The van der Waals surface area contributed by atoms with Crippen molar-refractivity contribution in [2.45, 2.75) is 32.7 Å². The van der Waals surface area contributed by atoms with Crippen LogP contribution in [0.5, 0.6) is 0 Å². The highest BCUT2D eigenvalue weighted by molar-refractivity contribution is 7.99. The van der Waals surface area contributed by atoms with Crippen LogP contribution in [-0.2, 0) is 14.4 Å². The van der Waals surface area contributed by atoms with Crippen LogP contribution in [0.3, 0.4) is 0 Å². The lowest BCUT2D eigenvalue weighted by molar-refractivity contribution is -0.140. The van der Waals surface area contributed by atoms with Crippen LogP contribution >= 0.6 is 11.8 Å². The molecule has 7 heteroatoms. The maximum atomic E-state index is 11.4. The van der Waals surface area contributed by atoms with Crippen LogP contribution in [0.25, 0.3) is 0 Å². The lowest BCUT2D eigenvalue weighted by Gasteiger charge is -2.10. The van der Waals surface area contributed by atoms with Crippen LogP contribution in [0.4, 0.5) is 0 Å². The van der Waals surface area contributed by atoms with Crippen molar-refractivity contribution in [3.05, 3.63) is 0 Å². The van der Waals surface area contributed by atoms with Crippen LogP contribution in [0.15, 0.2) is 0 Å². The van der Waals surface area contributed by atoms with E-state index in [1.807, 2.05) is 0 Å². The van der Waals surface area contributed by atoms with Crippen molar-refractivity contribution in [1.82, 2.24) is 10.6 Å². The van der Waals surface area contributed by atoms with E-state index in [4.69, 9.17) is 5.11 Å². The van der Waals surface area contributed by atoms with E-state index in [-0.39, 0.29) is 5.91 Å². The predicted octanol–water partition coefficient (Wildman–Crippen LogP) is 0.471. The van der Waals surface area contributed by atoms with Gasteiger partial charge in [-0.25, -0.2) is 4.79 Å². The van der Waals surface area contributed by atoms with Gasteiger partial charge in [0.1, 0.15) is 6.04 Å². The lowest BCUT2D eigenvalue weighted by Crippen LogP contribution is -2.36. The summed E-state index contributed by atoms with van der Waals surface area (Å²) in [4.78, 5) is 32.3. The number of amides is 2. The van der Waals surface area contributed by atoms with E-state index in [2.05, 4.69) is 24.5 Å². The van der Waals surface area contributed by atoms with Crippen LogP contribution in [0.1, 0.15) is 26.7 Å². The number of hydrogen-bond acceptors (Lipinski definition) is 4. The molecular weight excluding hydrogens is 268 g/mol. The fourth-order valence-electron chi connectivity index (χ4n) is 1.28. The highest BCUT2D eigenvalue weighted by Crippen LogP contribution is 2.05. The predicted molar refractivity (Wildman–Crippen MR) is 75.0 cm³/mol. The van der Waals surface area contributed by atoms with E-state index in [1.54, 1.807) is 0 Å². The average molecular weight is 290 g/mol. The van der Waals surface area contributed by atoms with E-state index in [1.165, 1.54) is 11.8 Å². The Labute approximate surface area is 117 Å².